The van der Waals surface area contributed by atoms with Crippen molar-refractivity contribution in [1.29, 1.82) is 0 Å². The predicted molar refractivity (Wildman–Crippen MR) is 82.1 cm³/mol. The van der Waals surface area contributed by atoms with Crippen LogP contribution < -0.4 is 15.8 Å². The van der Waals surface area contributed by atoms with E-state index in [-0.39, 0.29) is 17.0 Å². The summed E-state index contributed by atoms with van der Waals surface area (Å²) in [6.07, 6.45) is 2.42. The average molecular weight is 308 g/mol. The van der Waals surface area contributed by atoms with Crippen molar-refractivity contribution in [3.63, 3.8) is 0 Å². The average Bonchev–Trinajstić information content (AvgIpc) is 2.72. The van der Waals surface area contributed by atoms with Crippen molar-refractivity contribution in [1.82, 2.24) is 10.6 Å². The Morgan fingerprint density at radius 3 is 2.74 bits per heavy atom. The first-order chi connectivity index (χ1) is 8.85. The number of nitrogens with two attached hydrogens (primary N) is 1. The molecule has 0 radical (unpaired) electrons. The molecule has 0 bridgehead atoms. The van der Waals surface area contributed by atoms with Crippen LogP contribution in [0.2, 0.25) is 0 Å². The van der Waals surface area contributed by atoms with E-state index < -0.39 is 10.0 Å². The van der Waals surface area contributed by atoms with Crippen LogP contribution in [0.25, 0.3) is 0 Å². The van der Waals surface area contributed by atoms with Crippen LogP contribution in [0.5, 0.6) is 0 Å². The second-order valence-electron chi connectivity index (χ2n) is 4.89. The van der Waals surface area contributed by atoms with Gasteiger partial charge in [-0.25, -0.2) is 13.6 Å². The number of thioether (sulfide) groups is 1. The number of sulfonamides is 1. The highest BCUT2D eigenvalue weighted by molar-refractivity contribution is 8.00. The summed E-state index contributed by atoms with van der Waals surface area (Å²) in [5.74, 6) is 1.75. The van der Waals surface area contributed by atoms with E-state index in [1.807, 2.05) is 18.7 Å². The van der Waals surface area contributed by atoms with E-state index in [9.17, 15) is 8.42 Å². The van der Waals surface area contributed by atoms with Crippen molar-refractivity contribution in [2.24, 2.45) is 10.1 Å². The van der Waals surface area contributed by atoms with E-state index in [0.717, 1.165) is 13.1 Å². The summed E-state index contributed by atoms with van der Waals surface area (Å²) in [5, 5.41) is 11.1. The molecular formula is C11H24N4O2S2. The highest BCUT2D eigenvalue weighted by Crippen LogP contribution is 2.37. The van der Waals surface area contributed by atoms with Gasteiger partial charge in [0, 0.05) is 17.8 Å². The second kappa shape index (κ2) is 7.35. The fraction of sp³-hybridized carbons (Fsp3) is 0.909. The van der Waals surface area contributed by atoms with Crippen molar-refractivity contribution < 1.29 is 8.42 Å². The monoisotopic (exact) mass is 308 g/mol. The van der Waals surface area contributed by atoms with Crippen molar-refractivity contribution in [3.05, 3.63) is 0 Å². The molecule has 0 amide bonds. The molecule has 8 heteroatoms. The molecule has 0 spiro atoms. The SMILES string of the molecule is CCNC(=NCC1(C)CCCS1)NCCS(N)(=O)=O. The molecule has 0 aromatic carbocycles. The number of nitrogens with zero attached hydrogens (tertiary/aromatic N) is 1. The largest absolute Gasteiger partial charge is 0.357 e. The van der Waals surface area contributed by atoms with E-state index in [1.54, 1.807) is 0 Å². The molecule has 1 rings (SSSR count). The molecule has 4 N–H and O–H groups in total. The van der Waals surface area contributed by atoms with Gasteiger partial charge in [0.15, 0.2) is 5.96 Å². The topological polar surface area (TPSA) is 96.6 Å². The summed E-state index contributed by atoms with van der Waals surface area (Å²) in [7, 11) is -3.43. The van der Waals surface area contributed by atoms with E-state index in [4.69, 9.17) is 5.14 Å². The Morgan fingerprint density at radius 2 is 2.21 bits per heavy atom. The summed E-state index contributed by atoms with van der Waals surface area (Å²) >= 11 is 1.95. The quantitative estimate of drug-likeness (QED) is 0.478. The Kier molecular flexibility index (Phi) is 6.41. The van der Waals surface area contributed by atoms with Crippen LogP contribution in [0.3, 0.4) is 0 Å². The van der Waals surface area contributed by atoms with Crippen LogP contribution in [-0.4, -0.2) is 50.3 Å². The van der Waals surface area contributed by atoms with Crippen molar-refractivity contribution in [3.8, 4) is 0 Å². The van der Waals surface area contributed by atoms with Gasteiger partial charge in [-0.05, 0) is 32.4 Å². The van der Waals surface area contributed by atoms with Crippen molar-refractivity contribution in [2.45, 2.75) is 31.4 Å². The van der Waals surface area contributed by atoms with Gasteiger partial charge < -0.3 is 10.6 Å². The van der Waals surface area contributed by atoms with Gasteiger partial charge in [0.2, 0.25) is 10.0 Å². The number of hydrogen-bond acceptors (Lipinski definition) is 4. The summed E-state index contributed by atoms with van der Waals surface area (Å²) in [4.78, 5) is 4.52. The lowest BCUT2D eigenvalue weighted by Crippen LogP contribution is -2.41. The minimum atomic E-state index is -3.43. The number of primary sulfonamides is 1. The predicted octanol–water partition coefficient (Wildman–Crippen LogP) is 0.116. The standard InChI is InChI=1S/C11H24N4O2S2/c1-3-13-10(14-6-8-19(12,16)17)15-9-11(2)5-4-7-18-11/h3-9H2,1-2H3,(H2,12,16,17)(H2,13,14,15). The Labute approximate surface area is 120 Å². The van der Waals surface area contributed by atoms with Gasteiger partial charge in [-0.3, -0.25) is 4.99 Å². The van der Waals surface area contributed by atoms with Crippen LogP contribution in [0.1, 0.15) is 26.7 Å². The Balaban J connectivity index is 2.46. The first-order valence-electron chi connectivity index (χ1n) is 6.51. The molecule has 1 saturated heterocycles. The normalized spacial score (nSPS) is 24.5. The highest BCUT2D eigenvalue weighted by atomic mass is 32.2. The molecule has 0 saturated carbocycles. The number of nitrogens with one attached hydrogen (secondary N) is 2. The third kappa shape index (κ3) is 7.03. The van der Waals surface area contributed by atoms with Crippen LogP contribution >= 0.6 is 11.8 Å². The van der Waals surface area contributed by atoms with Gasteiger partial charge in [-0.2, -0.15) is 11.8 Å². The zero-order valence-corrected chi connectivity index (χ0v) is 13.2. The highest BCUT2D eigenvalue weighted by Gasteiger charge is 2.29. The van der Waals surface area contributed by atoms with E-state index >= 15 is 0 Å². The number of hydrogen-bond donors (Lipinski definition) is 3. The van der Waals surface area contributed by atoms with Crippen molar-refractivity contribution in [2.75, 3.05) is 31.1 Å². The van der Waals surface area contributed by atoms with Gasteiger partial charge in [0.25, 0.3) is 0 Å². The molecule has 6 nitrogen and oxygen atoms in total. The fourth-order valence-electron chi connectivity index (χ4n) is 1.86. The molecule has 0 aliphatic carbocycles. The summed E-state index contributed by atoms with van der Waals surface area (Å²) in [6.45, 7) is 5.95. The summed E-state index contributed by atoms with van der Waals surface area (Å²) in [5.41, 5.74) is 0. The maximum Gasteiger partial charge on any atom is 0.210 e. The molecular weight excluding hydrogens is 284 g/mol. The van der Waals surface area contributed by atoms with Gasteiger partial charge >= 0.3 is 0 Å². The first-order valence-corrected chi connectivity index (χ1v) is 9.21. The molecule has 19 heavy (non-hydrogen) atoms. The molecule has 0 aromatic rings. The number of rotatable bonds is 6. The molecule has 1 aliphatic rings. The van der Waals surface area contributed by atoms with Crippen LogP contribution in [0, 0.1) is 0 Å². The van der Waals surface area contributed by atoms with Gasteiger partial charge in [0.05, 0.1) is 12.3 Å². The fourth-order valence-corrected chi connectivity index (χ4v) is 3.47. The molecule has 1 fully saturated rings. The lowest BCUT2D eigenvalue weighted by molar-refractivity contribution is 0.595. The van der Waals surface area contributed by atoms with Crippen LogP contribution in [0.4, 0.5) is 0 Å². The summed E-state index contributed by atoms with van der Waals surface area (Å²) < 4.78 is 21.9. The minimum Gasteiger partial charge on any atom is -0.357 e. The number of aliphatic imine (C=N–C) groups is 1. The van der Waals surface area contributed by atoms with Crippen LogP contribution in [0.15, 0.2) is 4.99 Å². The summed E-state index contributed by atoms with van der Waals surface area (Å²) in [6, 6.07) is 0. The maximum absolute atomic E-state index is 10.9. The third-order valence-electron chi connectivity index (χ3n) is 2.90. The Bertz CT molecular complexity index is 403. The smallest absolute Gasteiger partial charge is 0.210 e. The molecule has 1 aliphatic heterocycles. The molecule has 112 valence electrons. The molecule has 1 heterocycles. The number of guanidine groups is 1. The zero-order chi connectivity index (χ0) is 14.4. The Morgan fingerprint density at radius 1 is 1.47 bits per heavy atom. The van der Waals surface area contributed by atoms with E-state index in [2.05, 4.69) is 22.5 Å². The first kappa shape index (κ1) is 16.6. The van der Waals surface area contributed by atoms with Gasteiger partial charge in [0.1, 0.15) is 0 Å². The van der Waals surface area contributed by atoms with Crippen LogP contribution in [-0.2, 0) is 10.0 Å². The van der Waals surface area contributed by atoms with Gasteiger partial charge in [-0.1, -0.05) is 0 Å². The molecule has 1 atom stereocenters. The lowest BCUT2D eigenvalue weighted by atomic mass is 10.1. The molecule has 0 aromatic heterocycles. The third-order valence-corrected chi connectivity index (χ3v) is 5.19. The van der Waals surface area contributed by atoms with E-state index in [0.29, 0.717) is 5.96 Å². The van der Waals surface area contributed by atoms with E-state index in [1.165, 1.54) is 18.6 Å². The lowest BCUT2D eigenvalue weighted by Gasteiger charge is -2.21. The minimum absolute atomic E-state index is 0.0938. The Hall–Kier alpha value is -0.470. The van der Waals surface area contributed by atoms with Crippen molar-refractivity contribution >= 4 is 27.7 Å². The second-order valence-corrected chi connectivity index (χ2v) is 8.31. The molecule has 1 unspecified atom stereocenters. The zero-order valence-electron chi connectivity index (χ0n) is 11.6. The maximum atomic E-state index is 10.9. The van der Waals surface area contributed by atoms with Gasteiger partial charge in [-0.15, -0.1) is 0 Å².